The van der Waals surface area contributed by atoms with Gasteiger partial charge in [0.05, 0.1) is 6.61 Å². The summed E-state index contributed by atoms with van der Waals surface area (Å²) in [5, 5.41) is 8.85. The summed E-state index contributed by atoms with van der Waals surface area (Å²) in [6.07, 6.45) is 5.00. The lowest BCUT2D eigenvalue weighted by molar-refractivity contribution is -0.117. The first-order chi connectivity index (χ1) is 5.18. The number of rotatable bonds is 6. The van der Waals surface area contributed by atoms with Crippen molar-refractivity contribution in [2.24, 2.45) is 5.41 Å². The van der Waals surface area contributed by atoms with Crippen LogP contribution in [-0.2, 0) is 4.79 Å². The second-order valence-corrected chi connectivity index (χ2v) is 3.39. The van der Waals surface area contributed by atoms with Gasteiger partial charge in [0.1, 0.15) is 6.29 Å². The van der Waals surface area contributed by atoms with Crippen molar-refractivity contribution < 1.29 is 9.90 Å². The first-order valence-electron chi connectivity index (χ1n) is 4.25. The molecular weight excluding hydrogens is 140 g/mol. The normalized spacial score (nSPS) is 15.9. The molecule has 0 rings (SSSR count). The van der Waals surface area contributed by atoms with Crippen molar-refractivity contribution in [3.05, 3.63) is 0 Å². The van der Waals surface area contributed by atoms with Crippen molar-refractivity contribution in [1.82, 2.24) is 0 Å². The zero-order valence-electron chi connectivity index (χ0n) is 7.47. The SMILES string of the molecule is CCCCCC(C)(C=O)CO. The number of hydrogen-bond acceptors (Lipinski definition) is 2. The van der Waals surface area contributed by atoms with Crippen LogP contribution in [0.15, 0.2) is 0 Å². The van der Waals surface area contributed by atoms with Crippen LogP contribution in [0.25, 0.3) is 0 Å². The molecule has 0 fully saturated rings. The van der Waals surface area contributed by atoms with Gasteiger partial charge in [-0.2, -0.15) is 0 Å². The van der Waals surface area contributed by atoms with E-state index in [9.17, 15) is 4.79 Å². The predicted molar refractivity (Wildman–Crippen MR) is 45.4 cm³/mol. The standard InChI is InChI=1S/C9H18O2/c1-3-4-5-6-9(2,7-10)8-11/h7,11H,3-6,8H2,1-2H3. The minimum Gasteiger partial charge on any atom is -0.395 e. The van der Waals surface area contributed by atoms with Gasteiger partial charge in [-0.05, 0) is 6.42 Å². The van der Waals surface area contributed by atoms with Gasteiger partial charge in [-0.15, -0.1) is 0 Å². The van der Waals surface area contributed by atoms with Gasteiger partial charge in [-0.1, -0.05) is 33.1 Å². The highest BCUT2D eigenvalue weighted by Gasteiger charge is 2.21. The van der Waals surface area contributed by atoms with E-state index < -0.39 is 5.41 Å². The van der Waals surface area contributed by atoms with Crippen molar-refractivity contribution in [2.45, 2.75) is 39.5 Å². The van der Waals surface area contributed by atoms with Crippen LogP contribution in [-0.4, -0.2) is 18.0 Å². The first-order valence-corrected chi connectivity index (χ1v) is 4.25. The Balaban J connectivity index is 3.60. The molecule has 0 aliphatic heterocycles. The molecule has 0 spiro atoms. The number of hydrogen-bond donors (Lipinski definition) is 1. The number of unbranched alkanes of at least 4 members (excludes halogenated alkanes) is 2. The second-order valence-electron chi connectivity index (χ2n) is 3.39. The van der Waals surface area contributed by atoms with Crippen LogP contribution in [0.5, 0.6) is 0 Å². The molecule has 0 aromatic carbocycles. The van der Waals surface area contributed by atoms with Crippen LogP contribution in [0.3, 0.4) is 0 Å². The Morgan fingerprint density at radius 1 is 1.45 bits per heavy atom. The van der Waals surface area contributed by atoms with E-state index in [1.807, 2.05) is 0 Å². The van der Waals surface area contributed by atoms with E-state index in [-0.39, 0.29) is 6.61 Å². The van der Waals surface area contributed by atoms with Gasteiger partial charge in [0.15, 0.2) is 0 Å². The molecule has 0 aromatic heterocycles. The third-order valence-electron chi connectivity index (χ3n) is 2.00. The average molecular weight is 158 g/mol. The van der Waals surface area contributed by atoms with E-state index in [1.54, 1.807) is 6.92 Å². The van der Waals surface area contributed by atoms with Gasteiger partial charge in [-0.25, -0.2) is 0 Å². The van der Waals surface area contributed by atoms with Crippen LogP contribution < -0.4 is 0 Å². The summed E-state index contributed by atoms with van der Waals surface area (Å²) in [4.78, 5) is 10.5. The third kappa shape index (κ3) is 4.14. The van der Waals surface area contributed by atoms with E-state index in [0.29, 0.717) is 0 Å². The minimum atomic E-state index is -0.491. The molecular formula is C9H18O2. The second kappa shape index (κ2) is 5.30. The first kappa shape index (κ1) is 10.6. The highest BCUT2D eigenvalue weighted by molar-refractivity contribution is 5.58. The molecule has 0 saturated heterocycles. The molecule has 0 aromatic rings. The smallest absolute Gasteiger partial charge is 0.128 e. The summed E-state index contributed by atoms with van der Waals surface area (Å²) in [5.74, 6) is 0. The molecule has 1 N–H and O–H groups in total. The van der Waals surface area contributed by atoms with Gasteiger partial charge in [0.2, 0.25) is 0 Å². The van der Waals surface area contributed by atoms with Crippen LogP contribution in [0.4, 0.5) is 0 Å². The Hall–Kier alpha value is -0.370. The molecule has 0 heterocycles. The van der Waals surface area contributed by atoms with E-state index in [0.717, 1.165) is 32.0 Å². The van der Waals surface area contributed by atoms with Crippen molar-refractivity contribution in [2.75, 3.05) is 6.61 Å². The molecule has 0 amide bonds. The van der Waals surface area contributed by atoms with Crippen molar-refractivity contribution >= 4 is 6.29 Å². The zero-order chi connectivity index (χ0) is 8.74. The fourth-order valence-corrected chi connectivity index (χ4v) is 0.954. The summed E-state index contributed by atoms with van der Waals surface area (Å²) in [5.41, 5.74) is -0.491. The van der Waals surface area contributed by atoms with Gasteiger partial charge >= 0.3 is 0 Å². The number of aliphatic hydroxyl groups excluding tert-OH is 1. The van der Waals surface area contributed by atoms with Crippen LogP contribution >= 0.6 is 0 Å². The van der Waals surface area contributed by atoms with Crippen LogP contribution in [0, 0.1) is 5.41 Å². The lowest BCUT2D eigenvalue weighted by Gasteiger charge is -2.18. The molecule has 66 valence electrons. The van der Waals surface area contributed by atoms with E-state index >= 15 is 0 Å². The molecule has 2 nitrogen and oxygen atoms in total. The summed E-state index contributed by atoms with van der Waals surface area (Å²) in [6.45, 7) is 3.90. The highest BCUT2D eigenvalue weighted by atomic mass is 16.3. The van der Waals surface area contributed by atoms with E-state index in [4.69, 9.17) is 5.11 Å². The fourth-order valence-electron chi connectivity index (χ4n) is 0.954. The Bertz CT molecular complexity index is 112. The number of aliphatic hydroxyl groups is 1. The fraction of sp³-hybridized carbons (Fsp3) is 0.889. The Morgan fingerprint density at radius 2 is 2.09 bits per heavy atom. The van der Waals surface area contributed by atoms with Gasteiger partial charge < -0.3 is 9.90 Å². The lowest BCUT2D eigenvalue weighted by Crippen LogP contribution is -2.22. The molecule has 0 bridgehead atoms. The zero-order valence-corrected chi connectivity index (χ0v) is 7.47. The third-order valence-corrected chi connectivity index (χ3v) is 2.00. The Labute approximate surface area is 68.6 Å². The topological polar surface area (TPSA) is 37.3 Å². The lowest BCUT2D eigenvalue weighted by atomic mass is 9.87. The van der Waals surface area contributed by atoms with Gasteiger partial charge in [-0.3, -0.25) is 0 Å². The molecule has 0 aliphatic rings. The predicted octanol–water partition coefficient (Wildman–Crippen LogP) is 1.76. The number of carbonyl (C=O) groups excluding carboxylic acids is 1. The Kier molecular flexibility index (Phi) is 5.12. The van der Waals surface area contributed by atoms with Crippen molar-refractivity contribution in [3.63, 3.8) is 0 Å². The molecule has 0 aliphatic carbocycles. The minimum absolute atomic E-state index is 0.0276. The molecule has 11 heavy (non-hydrogen) atoms. The summed E-state index contributed by atoms with van der Waals surface area (Å²) in [6, 6.07) is 0. The highest BCUT2D eigenvalue weighted by Crippen LogP contribution is 2.20. The van der Waals surface area contributed by atoms with Crippen molar-refractivity contribution in [3.8, 4) is 0 Å². The van der Waals surface area contributed by atoms with E-state index in [1.165, 1.54) is 0 Å². The largest absolute Gasteiger partial charge is 0.395 e. The Morgan fingerprint density at radius 3 is 2.45 bits per heavy atom. The molecule has 0 radical (unpaired) electrons. The molecule has 1 unspecified atom stereocenters. The summed E-state index contributed by atoms with van der Waals surface area (Å²) < 4.78 is 0. The average Bonchev–Trinajstić information content (AvgIpc) is 2.05. The molecule has 1 atom stereocenters. The summed E-state index contributed by atoms with van der Waals surface area (Å²) >= 11 is 0. The van der Waals surface area contributed by atoms with Crippen LogP contribution in [0.2, 0.25) is 0 Å². The van der Waals surface area contributed by atoms with Gasteiger partial charge in [0.25, 0.3) is 0 Å². The quantitative estimate of drug-likeness (QED) is 0.472. The maximum Gasteiger partial charge on any atom is 0.128 e. The van der Waals surface area contributed by atoms with Crippen LogP contribution in [0.1, 0.15) is 39.5 Å². The van der Waals surface area contributed by atoms with E-state index in [2.05, 4.69) is 6.92 Å². The maximum atomic E-state index is 10.5. The monoisotopic (exact) mass is 158 g/mol. The molecule has 0 saturated carbocycles. The van der Waals surface area contributed by atoms with Gasteiger partial charge in [0, 0.05) is 5.41 Å². The number of carbonyl (C=O) groups is 1. The van der Waals surface area contributed by atoms with Crippen molar-refractivity contribution in [1.29, 1.82) is 0 Å². The maximum absolute atomic E-state index is 10.5. The summed E-state index contributed by atoms with van der Waals surface area (Å²) in [7, 11) is 0. The molecule has 2 heteroatoms. The number of aldehydes is 1.